The first kappa shape index (κ1) is 21.6. The van der Waals surface area contributed by atoms with E-state index in [1.807, 2.05) is 4.90 Å². The largest absolute Gasteiger partial charge is 0.366 e. The van der Waals surface area contributed by atoms with E-state index in [9.17, 15) is 23.7 Å². The summed E-state index contributed by atoms with van der Waals surface area (Å²) in [6.45, 7) is 1.35. The van der Waals surface area contributed by atoms with Gasteiger partial charge in [0.2, 0.25) is 0 Å². The maximum absolute atomic E-state index is 14.3. The molecule has 1 amide bonds. The molecule has 0 saturated carbocycles. The van der Waals surface area contributed by atoms with E-state index >= 15 is 0 Å². The molecule has 0 N–H and O–H groups in total. The number of carbonyl (C=O) groups excluding carboxylic acids is 1. The number of terminal acetylenes is 1. The fourth-order valence-corrected chi connectivity index (χ4v) is 4.88. The molecule has 10 heteroatoms. The Labute approximate surface area is 185 Å². The fraction of sp³-hybridized carbons (Fsp3) is 0.273. The van der Waals surface area contributed by atoms with E-state index in [0.717, 1.165) is 42.7 Å². The van der Waals surface area contributed by atoms with Gasteiger partial charge in [-0.05, 0) is 37.5 Å². The first-order valence-electron chi connectivity index (χ1n) is 9.93. The number of nitro groups is 1. The summed E-state index contributed by atoms with van der Waals surface area (Å²) in [5, 5.41) is 11.7. The van der Waals surface area contributed by atoms with E-state index in [2.05, 4.69) is 10.9 Å². The van der Waals surface area contributed by atoms with Crippen LogP contribution in [0.1, 0.15) is 29.6 Å². The molecule has 32 heavy (non-hydrogen) atoms. The fourth-order valence-electron chi connectivity index (χ4n) is 3.81. The van der Waals surface area contributed by atoms with Crippen LogP contribution in [0.25, 0.3) is 10.2 Å². The van der Waals surface area contributed by atoms with Gasteiger partial charge in [0.05, 0.1) is 21.7 Å². The Balaban J connectivity index is 1.78. The summed E-state index contributed by atoms with van der Waals surface area (Å²) >= 11 is 0.909. The van der Waals surface area contributed by atoms with Crippen LogP contribution in [-0.2, 0) is 6.54 Å². The monoisotopic (exact) mass is 456 g/mol. The molecular formula is C22H18F2N4O3S. The Morgan fingerprint density at radius 2 is 1.97 bits per heavy atom. The highest BCUT2D eigenvalue weighted by molar-refractivity contribution is 7.16. The standard InChI is InChI=1S/C22H18F2N4O3S/c1-2-8-27-20-16(24)12-15(23)13-19(20)32-22(27)25-21(29)14-6-7-17(18(11-14)28(30)31)26-9-4-3-5-10-26/h1,6-7,11-13H,3-5,8-10H2. The van der Waals surface area contributed by atoms with Crippen molar-refractivity contribution >= 4 is 38.8 Å². The molecule has 0 spiro atoms. The van der Waals surface area contributed by atoms with Crippen LogP contribution in [0.3, 0.4) is 0 Å². The van der Waals surface area contributed by atoms with Gasteiger partial charge in [0, 0.05) is 30.8 Å². The minimum Gasteiger partial charge on any atom is -0.366 e. The second-order valence-corrected chi connectivity index (χ2v) is 8.34. The third kappa shape index (κ3) is 4.11. The SMILES string of the molecule is C#CCn1c(=NC(=O)c2ccc(N3CCCCC3)c([N+](=O)[O-])c2)sc2cc(F)cc(F)c21. The van der Waals surface area contributed by atoms with Gasteiger partial charge in [-0.1, -0.05) is 17.3 Å². The molecule has 7 nitrogen and oxygen atoms in total. The minimum absolute atomic E-state index is 0.0221. The Kier molecular flexibility index (Phi) is 6.01. The Bertz CT molecular complexity index is 1330. The molecule has 0 radical (unpaired) electrons. The quantitative estimate of drug-likeness (QED) is 0.334. The van der Waals surface area contributed by atoms with Crippen molar-refractivity contribution < 1.29 is 18.5 Å². The van der Waals surface area contributed by atoms with Gasteiger partial charge < -0.3 is 9.47 Å². The molecule has 164 valence electrons. The molecule has 1 aromatic heterocycles. The van der Waals surface area contributed by atoms with Crippen molar-refractivity contribution in [3.63, 3.8) is 0 Å². The van der Waals surface area contributed by atoms with Crippen molar-refractivity contribution in [3.8, 4) is 12.3 Å². The number of nitro benzene ring substituents is 1. The molecular weight excluding hydrogens is 438 g/mol. The lowest BCUT2D eigenvalue weighted by molar-refractivity contribution is -0.384. The van der Waals surface area contributed by atoms with Crippen LogP contribution in [0.4, 0.5) is 20.2 Å². The number of nitrogens with zero attached hydrogens (tertiary/aromatic N) is 4. The number of benzene rings is 2. The van der Waals surface area contributed by atoms with Gasteiger partial charge in [-0.2, -0.15) is 4.99 Å². The topological polar surface area (TPSA) is 80.7 Å². The maximum atomic E-state index is 14.3. The first-order valence-corrected chi connectivity index (χ1v) is 10.7. The number of amides is 1. The van der Waals surface area contributed by atoms with E-state index in [1.165, 1.54) is 16.7 Å². The number of halogens is 2. The molecule has 1 aliphatic heterocycles. The van der Waals surface area contributed by atoms with Crippen LogP contribution >= 0.6 is 11.3 Å². The van der Waals surface area contributed by atoms with Crippen molar-refractivity contribution in [2.75, 3.05) is 18.0 Å². The van der Waals surface area contributed by atoms with Crippen LogP contribution in [-0.4, -0.2) is 28.5 Å². The van der Waals surface area contributed by atoms with Crippen molar-refractivity contribution in [2.45, 2.75) is 25.8 Å². The number of aromatic nitrogens is 1. The second kappa shape index (κ2) is 8.88. The number of anilines is 1. The Hall–Kier alpha value is -3.58. The third-order valence-electron chi connectivity index (χ3n) is 5.26. The van der Waals surface area contributed by atoms with E-state index in [1.54, 1.807) is 6.07 Å². The van der Waals surface area contributed by atoms with Crippen molar-refractivity contribution in [2.24, 2.45) is 4.99 Å². The van der Waals surface area contributed by atoms with E-state index in [4.69, 9.17) is 6.42 Å². The summed E-state index contributed by atoms with van der Waals surface area (Å²) in [7, 11) is 0. The van der Waals surface area contributed by atoms with Crippen LogP contribution in [0.2, 0.25) is 0 Å². The molecule has 1 fully saturated rings. The van der Waals surface area contributed by atoms with Crippen molar-refractivity contribution in [3.05, 3.63) is 62.4 Å². The smallest absolute Gasteiger partial charge is 0.293 e. The lowest BCUT2D eigenvalue weighted by Crippen LogP contribution is -2.30. The van der Waals surface area contributed by atoms with Gasteiger partial charge in [-0.15, -0.1) is 6.42 Å². The summed E-state index contributed by atoms with van der Waals surface area (Å²) < 4.78 is 29.5. The Morgan fingerprint density at radius 3 is 2.66 bits per heavy atom. The molecule has 0 aliphatic carbocycles. The molecule has 2 heterocycles. The molecule has 3 aromatic rings. The summed E-state index contributed by atoms with van der Waals surface area (Å²) in [6.07, 6.45) is 8.35. The van der Waals surface area contributed by atoms with Gasteiger partial charge in [0.25, 0.3) is 11.6 Å². The highest BCUT2D eigenvalue weighted by atomic mass is 32.1. The number of rotatable bonds is 4. The van der Waals surface area contributed by atoms with E-state index < -0.39 is 22.5 Å². The molecule has 1 saturated heterocycles. The number of piperidine rings is 1. The minimum atomic E-state index is -0.818. The van der Waals surface area contributed by atoms with Gasteiger partial charge in [0.1, 0.15) is 11.5 Å². The van der Waals surface area contributed by atoms with E-state index in [-0.39, 0.29) is 32.8 Å². The third-order valence-corrected chi connectivity index (χ3v) is 6.28. The number of hydrogen-bond acceptors (Lipinski definition) is 5. The van der Waals surface area contributed by atoms with E-state index in [0.29, 0.717) is 18.8 Å². The zero-order chi connectivity index (χ0) is 22.8. The molecule has 1 aliphatic rings. The van der Waals surface area contributed by atoms with Crippen LogP contribution in [0.5, 0.6) is 0 Å². The van der Waals surface area contributed by atoms with Crippen molar-refractivity contribution in [1.82, 2.24) is 4.57 Å². The zero-order valence-corrected chi connectivity index (χ0v) is 17.7. The summed E-state index contributed by atoms with van der Waals surface area (Å²) in [5.41, 5.74) is 0.364. The normalized spacial score (nSPS) is 14.5. The van der Waals surface area contributed by atoms with Gasteiger partial charge >= 0.3 is 0 Å². The van der Waals surface area contributed by atoms with Crippen molar-refractivity contribution in [1.29, 1.82) is 0 Å². The second-order valence-electron chi connectivity index (χ2n) is 7.33. The van der Waals surface area contributed by atoms with Crippen LogP contribution in [0.15, 0.2) is 35.3 Å². The lowest BCUT2D eigenvalue weighted by Gasteiger charge is -2.28. The zero-order valence-electron chi connectivity index (χ0n) is 16.9. The molecule has 0 bridgehead atoms. The average Bonchev–Trinajstić information content (AvgIpc) is 3.11. The van der Waals surface area contributed by atoms with Gasteiger partial charge in [0.15, 0.2) is 10.6 Å². The number of fused-ring (bicyclic) bond motifs is 1. The highest BCUT2D eigenvalue weighted by Gasteiger charge is 2.23. The Morgan fingerprint density at radius 1 is 1.22 bits per heavy atom. The number of thiazole rings is 1. The summed E-state index contributed by atoms with van der Waals surface area (Å²) in [4.78, 5) is 30.0. The van der Waals surface area contributed by atoms with Crippen LogP contribution < -0.4 is 9.70 Å². The van der Waals surface area contributed by atoms with Gasteiger partial charge in [-0.3, -0.25) is 14.9 Å². The highest BCUT2D eigenvalue weighted by Crippen LogP contribution is 2.31. The maximum Gasteiger partial charge on any atom is 0.293 e. The molecule has 2 aromatic carbocycles. The predicted octanol–water partition coefficient (Wildman–Crippen LogP) is 4.25. The molecule has 0 unspecified atom stereocenters. The lowest BCUT2D eigenvalue weighted by atomic mass is 10.1. The molecule has 4 rings (SSSR count). The number of hydrogen-bond donors (Lipinski definition) is 0. The first-order chi connectivity index (χ1) is 15.4. The summed E-state index contributed by atoms with van der Waals surface area (Å²) in [6, 6.07) is 6.12. The average molecular weight is 456 g/mol. The van der Waals surface area contributed by atoms with Crippen LogP contribution in [0, 0.1) is 34.1 Å². The predicted molar refractivity (Wildman–Crippen MR) is 118 cm³/mol. The number of carbonyl (C=O) groups is 1. The summed E-state index contributed by atoms with van der Waals surface area (Å²) in [5.74, 6) is 0.0530. The van der Waals surface area contributed by atoms with Gasteiger partial charge in [-0.25, -0.2) is 8.78 Å². The molecule has 0 atom stereocenters.